The Balaban J connectivity index is 1.10. The maximum absolute atomic E-state index is 14.0. The molecule has 0 spiro atoms. The summed E-state index contributed by atoms with van der Waals surface area (Å²) >= 11 is 1.59. The summed E-state index contributed by atoms with van der Waals surface area (Å²) in [7, 11) is 0. The van der Waals surface area contributed by atoms with Gasteiger partial charge in [0, 0.05) is 11.8 Å². The zero-order valence-corrected chi connectivity index (χ0v) is 33.3. The Morgan fingerprint density at radius 1 is 0.667 bits per heavy atom. The highest BCUT2D eigenvalue weighted by molar-refractivity contribution is 8.12. The van der Waals surface area contributed by atoms with Crippen molar-refractivity contribution in [2.75, 3.05) is 38.9 Å². The van der Waals surface area contributed by atoms with Gasteiger partial charge in [-0.2, -0.15) is 0 Å². The van der Waals surface area contributed by atoms with Crippen LogP contribution in [0.25, 0.3) is 0 Å². The third kappa shape index (κ3) is 8.43. The summed E-state index contributed by atoms with van der Waals surface area (Å²) in [6, 6.07) is 0. The lowest BCUT2D eigenvalue weighted by molar-refractivity contribution is -0.341. The third-order valence-electron chi connectivity index (χ3n) is 11.3. The normalized spacial score (nSPS) is 41.6. The molecule has 18 atom stereocenters. The van der Waals surface area contributed by atoms with Gasteiger partial charge in [0.15, 0.2) is 18.7 Å². The number of ether oxygens (including phenoxy) is 10. The van der Waals surface area contributed by atoms with Gasteiger partial charge in [0.25, 0.3) is 0 Å². The molecule has 2 aliphatic carbocycles. The van der Waals surface area contributed by atoms with Crippen molar-refractivity contribution in [2.45, 2.75) is 86.2 Å². The average Bonchev–Trinajstić information content (AvgIpc) is 3.89. The molecule has 0 saturated carbocycles. The molecule has 24 heteroatoms. The fraction of sp³-hybridized carbons (Fsp3) is 0.667. The van der Waals surface area contributed by atoms with E-state index in [-0.39, 0.29) is 23.3 Å². The highest BCUT2D eigenvalue weighted by Gasteiger charge is 2.58. The minimum Gasteiger partial charge on any atom is -0.471 e. The van der Waals surface area contributed by atoms with Gasteiger partial charge < -0.3 is 88.2 Å². The second-order valence-electron chi connectivity index (χ2n) is 14.6. The van der Waals surface area contributed by atoms with Crippen LogP contribution in [-0.2, 0) is 57.0 Å². The second kappa shape index (κ2) is 18.6. The van der Waals surface area contributed by atoms with Crippen molar-refractivity contribution in [2.24, 2.45) is 23.7 Å². The van der Waals surface area contributed by atoms with Crippen molar-refractivity contribution >= 4 is 46.1 Å². The maximum Gasteiger partial charge on any atom is 0.367 e. The predicted octanol–water partition coefficient (Wildman–Crippen LogP) is -2.72. The van der Waals surface area contributed by atoms with Crippen molar-refractivity contribution < 1.29 is 107 Å². The summed E-state index contributed by atoms with van der Waals surface area (Å²) in [6.07, 6.45) is -14.6. The molecule has 0 amide bonds. The highest BCUT2D eigenvalue weighted by atomic mass is 32.2. The molecule has 3 saturated heterocycles. The van der Waals surface area contributed by atoms with Crippen LogP contribution < -0.4 is 0 Å². The molecule has 5 heterocycles. The first-order valence-corrected chi connectivity index (χ1v) is 21.0. The number of esters is 2. The Morgan fingerprint density at radius 3 is 1.82 bits per heavy atom. The van der Waals surface area contributed by atoms with Gasteiger partial charge in [-0.15, -0.1) is 0 Å². The number of aliphatic hydroxyl groups is 8. The molecule has 0 bridgehead atoms. The summed E-state index contributed by atoms with van der Waals surface area (Å²) < 4.78 is 56.2. The van der Waals surface area contributed by atoms with Gasteiger partial charge in [0.05, 0.1) is 54.8 Å². The lowest BCUT2D eigenvalue weighted by atomic mass is 9.82. The zero-order chi connectivity index (χ0) is 43.2. The van der Waals surface area contributed by atoms with E-state index in [1.807, 2.05) is 0 Å². The van der Waals surface area contributed by atoms with Crippen LogP contribution in [0.2, 0.25) is 0 Å². The number of fused-ring (bicyclic) bond motifs is 1. The molecule has 22 nitrogen and oxygen atoms in total. The summed E-state index contributed by atoms with van der Waals surface area (Å²) in [6.45, 7) is -2.26. The minimum atomic E-state index is -1.97. The lowest BCUT2D eigenvalue weighted by Crippen LogP contribution is -2.61. The molecule has 7 rings (SSSR count). The van der Waals surface area contributed by atoms with Gasteiger partial charge in [-0.1, -0.05) is 6.08 Å². The molecule has 8 N–H and O–H groups in total. The van der Waals surface area contributed by atoms with Gasteiger partial charge in [-0.05, 0) is 53.3 Å². The van der Waals surface area contributed by atoms with Crippen molar-refractivity contribution in [3.8, 4) is 0 Å². The van der Waals surface area contributed by atoms with Crippen LogP contribution in [0, 0.1) is 23.7 Å². The van der Waals surface area contributed by atoms with Crippen molar-refractivity contribution in [3.63, 3.8) is 0 Å². The molecule has 332 valence electrons. The molecule has 0 aromatic rings. The molecule has 3 fully saturated rings. The van der Waals surface area contributed by atoms with Crippen LogP contribution in [0.5, 0.6) is 0 Å². The first-order chi connectivity index (χ1) is 28.7. The minimum absolute atomic E-state index is 0.188. The molecular formula is C36H44O22S2. The largest absolute Gasteiger partial charge is 0.471 e. The molecule has 0 aromatic heterocycles. The van der Waals surface area contributed by atoms with Gasteiger partial charge in [0.1, 0.15) is 62.0 Å². The van der Waals surface area contributed by atoms with E-state index in [2.05, 4.69) is 0 Å². The van der Waals surface area contributed by atoms with Crippen molar-refractivity contribution in [1.29, 1.82) is 0 Å². The number of hydrogen-bond donors (Lipinski definition) is 8. The molecule has 60 heavy (non-hydrogen) atoms. The van der Waals surface area contributed by atoms with Gasteiger partial charge in [-0.25, -0.2) is 19.2 Å². The van der Waals surface area contributed by atoms with Crippen LogP contribution >= 0.6 is 23.5 Å². The third-order valence-corrected chi connectivity index (χ3v) is 12.2. The number of rotatable bonds is 12. The van der Waals surface area contributed by atoms with Crippen LogP contribution in [-0.4, -0.2) is 189 Å². The number of carbonyl (C=O) groups excluding carboxylic acids is 4. The summed E-state index contributed by atoms with van der Waals surface area (Å²) in [5.74, 6) is -5.75. The van der Waals surface area contributed by atoms with Gasteiger partial charge in [-0.3, -0.25) is 0 Å². The van der Waals surface area contributed by atoms with Gasteiger partial charge in [0.2, 0.25) is 12.6 Å². The van der Waals surface area contributed by atoms with E-state index in [1.165, 1.54) is 18.6 Å². The lowest BCUT2D eigenvalue weighted by Gasteiger charge is -2.44. The van der Waals surface area contributed by atoms with Crippen molar-refractivity contribution in [1.82, 2.24) is 0 Å². The zero-order valence-electron chi connectivity index (χ0n) is 31.6. The Kier molecular flexibility index (Phi) is 13.8. The number of thioether (sulfide) groups is 2. The summed E-state index contributed by atoms with van der Waals surface area (Å²) in [5, 5.41) is 83.7. The van der Waals surface area contributed by atoms with Crippen LogP contribution in [0.4, 0.5) is 9.59 Å². The monoisotopic (exact) mass is 892 g/mol. The van der Waals surface area contributed by atoms with E-state index in [1.54, 1.807) is 6.08 Å². The number of hydrogen-bond acceptors (Lipinski definition) is 24. The summed E-state index contributed by atoms with van der Waals surface area (Å²) in [4.78, 5) is 50.6. The predicted molar refractivity (Wildman–Crippen MR) is 195 cm³/mol. The first-order valence-electron chi connectivity index (χ1n) is 18.6. The van der Waals surface area contributed by atoms with Crippen LogP contribution in [0.3, 0.4) is 0 Å². The van der Waals surface area contributed by atoms with E-state index in [0.29, 0.717) is 5.57 Å². The van der Waals surface area contributed by atoms with E-state index in [0.717, 1.165) is 36.0 Å². The quantitative estimate of drug-likeness (QED) is 0.0561. The average molecular weight is 893 g/mol. The fourth-order valence-corrected chi connectivity index (χ4v) is 8.67. The van der Waals surface area contributed by atoms with E-state index < -0.39 is 152 Å². The van der Waals surface area contributed by atoms with E-state index in [9.17, 15) is 60.0 Å². The molecule has 5 aliphatic heterocycles. The molecule has 0 aromatic carbocycles. The van der Waals surface area contributed by atoms with E-state index in [4.69, 9.17) is 47.4 Å². The van der Waals surface area contributed by atoms with Crippen LogP contribution in [0.1, 0.15) is 0 Å². The Hall–Kier alpha value is -3.34. The summed E-state index contributed by atoms with van der Waals surface area (Å²) in [5.41, 5.74) is 0.497. The van der Waals surface area contributed by atoms with Crippen LogP contribution in [0.15, 0.2) is 47.0 Å². The Morgan fingerprint density at radius 2 is 1.22 bits per heavy atom. The van der Waals surface area contributed by atoms with E-state index >= 15 is 0 Å². The van der Waals surface area contributed by atoms with Crippen molar-refractivity contribution in [3.05, 3.63) is 47.0 Å². The highest BCUT2D eigenvalue weighted by Crippen LogP contribution is 2.50. The second-order valence-corrected chi connectivity index (χ2v) is 16.1. The molecule has 0 unspecified atom stereocenters. The smallest absolute Gasteiger partial charge is 0.367 e. The maximum atomic E-state index is 14.0. The molecule has 7 aliphatic rings. The Bertz CT molecular complexity index is 1780. The fourth-order valence-electron chi connectivity index (χ4n) is 8.31. The first kappa shape index (κ1) is 44.7. The Labute approximate surface area is 348 Å². The molecular weight excluding hydrogens is 849 g/mol. The number of aliphatic hydroxyl groups excluding tert-OH is 8. The topological polar surface area (TPSA) is 322 Å². The standard InChI is InChI=1S/C36H44O22S2/c1-59-35(47)51-7-11-3-15(39)21-13(9-49-31(19(11)21)57-33-26(43)25(42)23(40)17(5-37)54-33)30(46)56-28-24(41)18(6-38)55-34(27(28)44)58-32-20-12(8-52-36(48)60-2)4-16-22(20)14(10-50-32)29(45)53-16/h3-4,9-10,15-28,31-34,37-44H,5-8H2,1-2H3/t15-,16-,17+,18+,19+,20+,21-,22-,23+,24+,25-,26+,27+,28-,31-,32-,33-,34-/m0/s1. The molecule has 0 radical (unpaired) electrons. The number of carbonyl (C=O) groups is 4. The SMILES string of the molecule is CSC(=O)OCC1=C[C@@H]2OC(=O)C3=CO[C@@H](O[C@@H]4O[C@H](CO)[C@@H](O)[C@H](OC(=O)C5=CO[C@@H](O[C@@H]6O[C@H](CO)[C@@H](O)[C@H](O)[C@H]6O)[C@@H]6C(COC(=O)SC)=C[C@H](O)[C@H]56)[C@H]4O)[C@H]1[C@@H]32. The van der Waals surface area contributed by atoms with Gasteiger partial charge >= 0.3 is 22.5 Å².